The number of imide groups is 1. The molecule has 23 heavy (non-hydrogen) atoms. The van der Waals surface area contributed by atoms with Gasteiger partial charge in [0.2, 0.25) is 12.3 Å². The van der Waals surface area contributed by atoms with Crippen molar-refractivity contribution >= 4 is 28.9 Å². The van der Waals surface area contributed by atoms with Crippen LogP contribution in [0.4, 0.5) is 5.69 Å². The number of rotatable bonds is 7. The van der Waals surface area contributed by atoms with Gasteiger partial charge in [0.15, 0.2) is 0 Å². The number of anilines is 1. The minimum absolute atomic E-state index is 0.247. The number of fused-ring (bicyclic) bond motifs is 1. The Hall–Kier alpha value is -2.30. The van der Waals surface area contributed by atoms with E-state index in [9.17, 15) is 9.59 Å². The largest absolute Gasteiger partial charge is 0.374 e. The molecule has 0 atom stereocenters. The maximum atomic E-state index is 11.4. The molecule has 1 aliphatic carbocycles. The lowest BCUT2D eigenvalue weighted by atomic mass is 10.1. The maximum Gasteiger partial charge on any atom is 0.228 e. The van der Waals surface area contributed by atoms with Gasteiger partial charge in [0, 0.05) is 49.3 Å². The normalized spacial score (nSPS) is 14.0. The second-order valence-corrected chi connectivity index (χ2v) is 6.20. The quantitative estimate of drug-likeness (QED) is 0.800. The summed E-state index contributed by atoms with van der Waals surface area (Å²) in [6.07, 6.45) is 5.61. The number of carbonyl (C=O) groups excluding carboxylic acids is 2. The summed E-state index contributed by atoms with van der Waals surface area (Å²) in [6.45, 7) is 3.73. The van der Waals surface area contributed by atoms with Crippen molar-refractivity contribution in [2.45, 2.75) is 38.6 Å². The molecule has 2 amide bonds. The highest BCUT2D eigenvalue weighted by Crippen LogP contribution is 2.44. The number of amides is 2. The molecule has 1 aromatic carbocycles. The maximum absolute atomic E-state index is 11.4. The molecule has 0 radical (unpaired) electrons. The molecule has 1 fully saturated rings. The van der Waals surface area contributed by atoms with Gasteiger partial charge in [-0.25, -0.2) is 0 Å². The molecular formula is C18H23N3O2. The van der Waals surface area contributed by atoms with Crippen LogP contribution in [0.1, 0.15) is 37.7 Å². The molecule has 1 aliphatic rings. The van der Waals surface area contributed by atoms with Crippen LogP contribution in [-0.2, 0) is 16.1 Å². The molecule has 1 N–H and O–H groups in total. The third kappa shape index (κ3) is 3.23. The van der Waals surface area contributed by atoms with Crippen LogP contribution >= 0.6 is 0 Å². The smallest absolute Gasteiger partial charge is 0.228 e. The fourth-order valence-electron chi connectivity index (χ4n) is 3.07. The average Bonchev–Trinajstić information content (AvgIpc) is 3.33. The second kappa shape index (κ2) is 6.44. The molecule has 0 aliphatic heterocycles. The van der Waals surface area contributed by atoms with Gasteiger partial charge in [-0.2, -0.15) is 0 Å². The molecule has 3 rings (SSSR count). The highest BCUT2D eigenvalue weighted by atomic mass is 16.2. The van der Waals surface area contributed by atoms with Crippen molar-refractivity contribution in [1.29, 1.82) is 0 Å². The van der Waals surface area contributed by atoms with Gasteiger partial charge >= 0.3 is 0 Å². The van der Waals surface area contributed by atoms with Crippen LogP contribution in [0.25, 0.3) is 10.9 Å². The zero-order chi connectivity index (χ0) is 16.4. The average molecular weight is 313 g/mol. The summed E-state index contributed by atoms with van der Waals surface area (Å²) < 4.78 is 2.31. The van der Waals surface area contributed by atoms with Crippen LogP contribution in [0.5, 0.6) is 0 Å². The van der Waals surface area contributed by atoms with Crippen LogP contribution in [0.15, 0.2) is 24.4 Å². The summed E-state index contributed by atoms with van der Waals surface area (Å²) >= 11 is 0. The SMILES string of the molecule is CCn1cc(C2CC2)c2cc(N(C)CCC(=O)NC=O)ccc21. The lowest BCUT2D eigenvalue weighted by Crippen LogP contribution is -2.27. The van der Waals surface area contributed by atoms with Crippen LogP contribution in [0, 0.1) is 0 Å². The van der Waals surface area contributed by atoms with Crippen molar-refractivity contribution in [1.82, 2.24) is 9.88 Å². The molecular weight excluding hydrogens is 290 g/mol. The predicted molar refractivity (Wildman–Crippen MR) is 91.7 cm³/mol. The Morgan fingerprint density at radius 2 is 2.22 bits per heavy atom. The minimum atomic E-state index is -0.247. The topological polar surface area (TPSA) is 54.3 Å². The van der Waals surface area contributed by atoms with Gasteiger partial charge in [-0.05, 0) is 49.4 Å². The second-order valence-electron chi connectivity index (χ2n) is 6.20. The van der Waals surface area contributed by atoms with E-state index in [1.807, 2.05) is 7.05 Å². The Balaban J connectivity index is 1.82. The summed E-state index contributed by atoms with van der Waals surface area (Å²) in [6, 6.07) is 6.50. The molecule has 0 bridgehead atoms. The summed E-state index contributed by atoms with van der Waals surface area (Å²) in [7, 11) is 1.98. The van der Waals surface area contributed by atoms with Crippen molar-refractivity contribution in [3.05, 3.63) is 30.0 Å². The molecule has 1 aromatic heterocycles. The number of hydrogen-bond acceptors (Lipinski definition) is 3. The van der Waals surface area contributed by atoms with Gasteiger partial charge in [0.1, 0.15) is 0 Å². The first-order valence-corrected chi connectivity index (χ1v) is 8.21. The molecule has 0 spiro atoms. The molecule has 0 saturated heterocycles. The fourth-order valence-corrected chi connectivity index (χ4v) is 3.07. The van der Waals surface area contributed by atoms with Crippen LogP contribution < -0.4 is 10.2 Å². The monoisotopic (exact) mass is 313 g/mol. The van der Waals surface area contributed by atoms with Gasteiger partial charge in [-0.3, -0.25) is 14.9 Å². The van der Waals surface area contributed by atoms with E-state index in [1.165, 1.54) is 29.3 Å². The molecule has 5 heteroatoms. The standard InChI is InChI=1S/C18H23N3O2/c1-3-21-11-16(13-4-5-13)15-10-14(6-7-17(15)21)20(2)9-8-18(23)19-12-22/h6-7,10-13H,3-5,8-9H2,1-2H3,(H,19,22,23). The van der Waals surface area contributed by atoms with E-state index >= 15 is 0 Å². The molecule has 0 unspecified atom stereocenters. The highest BCUT2D eigenvalue weighted by Gasteiger charge is 2.27. The number of nitrogens with one attached hydrogen (secondary N) is 1. The molecule has 2 aromatic rings. The van der Waals surface area contributed by atoms with E-state index < -0.39 is 0 Å². The Morgan fingerprint density at radius 3 is 2.87 bits per heavy atom. The van der Waals surface area contributed by atoms with Gasteiger partial charge in [0.25, 0.3) is 0 Å². The first-order valence-electron chi connectivity index (χ1n) is 8.21. The lowest BCUT2D eigenvalue weighted by molar-refractivity contribution is -0.125. The van der Waals surface area contributed by atoms with Crippen molar-refractivity contribution in [3.63, 3.8) is 0 Å². The summed E-state index contributed by atoms with van der Waals surface area (Å²) in [4.78, 5) is 23.7. The van der Waals surface area contributed by atoms with E-state index in [-0.39, 0.29) is 5.91 Å². The first-order chi connectivity index (χ1) is 11.1. The van der Waals surface area contributed by atoms with E-state index in [1.54, 1.807) is 0 Å². The summed E-state index contributed by atoms with van der Waals surface area (Å²) in [5.74, 6) is 0.466. The number of nitrogens with zero attached hydrogens (tertiary/aromatic N) is 2. The third-order valence-corrected chi connectivity index (χ3v) is 4.59. The van der Waals surface area contributed by atoms with E-state index in [0.717, 1.165) is 12.2 Å². The minimum Gasteiger partial charge on any atom is -0.374 e. The number of aryl methyl sites for hydroxylation is 1. The van der Waals surface area contributed by atoms with Crippen LogP contribution in [0.3, 0.4) is 0 Å². The van der Waals surface area contributed by atoms with Crippen molar-refractivity contribution in [2.75, 3.05) is 18.5 Å². The Bertz CT molecular complexity index is 731. The van der Waals surface area contributed by atoms with E-state index in [0.29, 0.717) is 25.3 Å². The van der Waals surface area contributed by atoms with Crippen molar-refractivity contribution in [3.8, 4) is 0 Å². The molecule has 1 saturated carbocycles. The van der Waals surface area contributed by atoms with E-state index in [4.69, 9.17) is 0 Å². The van der Waals surface area contributed by atoms with Crippen molar-refractivity contribution < 1.29 is 9.59 Å². The van der Waals surface area contributed by atoms with Gasteiger partial charge in [0.05, 0.1) is 0 Å². The van der Waals surface area contributed by atoms with Crippen molar-refractivity contribution in [2.24, 2.45) is 0 Å². The molecule has 1 heterocycles. The Kier molecular flexibility index (Phi) is 4.37. The lowest BCUT2D eigenvalue weighted by Gasteiger charge is -2.19. The van der Waals surface area contributed by atoms with Gasteiger partial charge in [-0.15, -0.1) is 0 Å². The van der Waals surface area contributed by atoms with Gasteiger partial charge < -0.3 is 9.47 Å². The third-order valence-electron chi connectivity index (χ3n) is 4.59. The zero-order valence-electron chi connectivity index (χ0n) is 13.7. The zero-order valence-corrected chi connectivity index (χ0v) is 13.7. The Morgan fingerprint density at radius 1 is 1.43 bits per heavy atom. The molecule has 5 nitrogen and oxygen atoms in total. The number of hydrogen-bond donors (Lipinski definition) is 1. The van der Waals surface area contributed by atoms with Gasteiger partial charge in [-0.1, -0.05) is 0 Å². The summed E-state index contributed by atoms with van der Waals surface area (Å²) in [5, 5.41) is 3.51. The van der Waals surface area contributed by atoms with Crippen LogP contribution in [0.2, 0.25) is 0 Å². The molecule has 122 valence electrons. The Labute approximate surface area is 136 Å². The number of carbonyl (C=O) groups is 2. The highest BCUT2D eigenvalue weighted by molar-refractivity contribution is 5.89. The van der Waals surface area contributed by atoms with Crippen LogP contribution in [-0.4, -0.2) is 30.5 Å². The first kappa shape index (κ1) is 15.6. The van der Waals surface area contributed by atoms with E-state index in [2.05, 4.69) is 46.1 Å². The fraction of sp³-hybridized carbons (Fsp3) is 0.444. The summed E-state index contributed by atoms with van der Waals surface area (Å²) in [5.41, 5.74) is 3.84. The number of benzene rings is 1. The number of aromatic nitrogens is 1. The predicted octanol–water partition coefficient (Wildman–Crippen LogP) is 2.64.